The normalized spacial score (nSPS) is 11.3. The topological polar surface area (TPSA) is 52.0 Å². The van der Waals surface area contributed by atoms with Crippen LogP contribution in [0.15, 0.2) is 0 Å². The van der Waals surface area contributed by atoms with Gasteiger partial charge in [0.1, 0.15) is 0 Å². The molecule has 0 aromatic heterocycles. The van der Waals surface area contributed by atoms with Crippen LogP contribution in [0.4, 0.5) is 0 Å². The van der Waals surface area contributed by atoms with Crippen LogP contribution in [0.25, 0.3) is 0 Å². The summed E-state index contributed by atoms with van der Waals surface area (Å²) in [6.45, 7) is 6.89. The Labute approximate surface area is 121 Å². The molecule has 4 N–H and O–H groups in total. The summed E-state index contributed by atoms with van der Waals surface area (Å²) in [4.78, 5) is 0. The fourth-order valence-corrected chi connectivity index (χ4v) is 2.80. The molecule has 0 unspecified atom stereocenters. The number of rotatable bonds is 10. The molecule has 0 heterocycles. The van der Waals surface area contributed by atoms with Crippen molar-refractivity contribution in [2.45, 2.75) is 78.6 Å². The smallest absolute Gasteiger partial charge is 0.0110 e. The van der Waals surface area contributed by atoms with Crippen molar-refractivity contribution in [3.8, 4) is 12.0 Å². The summed E-state index contributed by atoms with van der Waals surface area (Å²) >= 11 is 0. The number of hydrogen-bond acceptors (Lipinski definition) is 2. The second kappa shape index (κ2) is 17.3. The third-order valence-corrected chi connectivity index (χ3v) is 3.54. The van der Waals surface area contributed by atoms with Gasteiger partial charge in [-0.15, -0.1) is 0 Å². The van der Waals surface area contributed by atoms with Crippen molar-refractivity contribution in [3.63, 3.8) is 0 Å². The van der Waals surface area contributed by atoms with Crippen molar-refractivity contribution >= 4 is 0 Å². The average molecular weight is 268 g/mol. The van der Waals surface area contributed by atoms with Crippen LogP contribution >= 0.6 is 0 Å². The second-order valence-corrected chi connectivity index (χ2v) is 5.19. The van der Waals surface area contributed by atoms with Crippen molar-refractivity contribution < 1.29 is 0 Å². The molecule has 0 aliphatic carbocycles. The summed E-state index contributed by atoms with van der Waals surface area (Å²) < 4.78 is 0. The lowest BCUT2D eigenvalue weighted by molar-refractivity contribution is 0.305. The minimum absolute atomic E-state index is 0.865. The predicted octanol–water partition coefficient (Wildman–Crippen LogP) is 4.28. The highest BCUT2D eigenvalue weighted by molar-refractivity contribution is 4.93. The lowest BCUT2D eigenvalue weighted by Crippen LogP contribution is -2.09. The van der Waals surface area contributed by atoms with Gasteiger partial charge >= 0.3 is 0 Å². The largest absolute Gasteiger partial charge is 0.359 e. The van der Waals surface area contributed by atoms with E-state index in [-0.39, 0.29) is 0 Å². The minimum atomic E-state index is 0.865. The minimum Gasteiger partial charge on any atom is -0.359 e. The summed E-state index contributed by atoms with van der Waals surface area (Å²) in [6, 6.07) is 2.52. The van der Waals surface area contributed by atoms with Crippen LogP contribution in [0, 0.1) is 23.8 Å². The van der Waals surface area contributed by atoms with E-state index >= 15 is 0 Å². The summed E-state index contributed by atoms with van der Waals surface area (Å²) in [7, 11) is 1.50. The first-order valence-corrected chi connectivity index (χ1v) is 8.04. The van der Waals surface area contributed by atoms with E-state index in [9.17, 15) is 0 Å². The first-order chi connectivity index (χ1) is 9.28. The van der Waals surface area contributed by atoms with E-state index in [1.807, 2.05) is 0 Å². The quantitative estimate of drug-likeness (QED) is 0.459. The van der Waals surface area contributed by atoms with Crippen molar-refractivity contribution in [3.05, 3.63) is 0 Å². The lowest BCUT2D eigenvalue weighted by Gasteiger charge is -2.22. The van der Waals surface area contributed by atoms with Crippen molar-refractivity contribution in [2.24, 2.45) is 23.3 Å². The Bertz CT molecular complexity index is 209. The summed E-state index contributed by atoms with van der Waals surface area (Å²) in [5.74, 6) is 4.80. The maximum Gasteiger partial charge on any atom is 0.0110 e. The summed E-state index contributed by atoms with van der Waals surface area (Å²) in [5.41, 5.74) is 9.72. The second-order valence-electron chi connectivity index (χ2n) is 5.19. The van der Waals surface area contributed by atoms with Crippen LogP contribution in [0.3, 0.4) is 0 Å². The van der Waals surface area contributed by atoms with E-state index in [1.165, 1.54) is 58.4 Å². The Hall–Kier alpha value is -0.680. The van der Waals surface area contributed by atoms with Crippen LogP contribution in [-0.4, -0.2) is 7.05 Å². The Kier molecular flexibility index (Phi) is 18.8. The van der Waals surface area contributed by atoms with E-state index in [4.69, 9.17) is 5.73 Å². The molecule has 0 fully saturated rings. The van der Waals surface area contributed by atoms with Gasteiger partial charge in [-0.2, -0.15) is 0 Å². The molecule has 0 aliphatic heterocycles. The molecule has 0 saturated heterocycles. The van der Waals surface area contributed by atoms with Crippen LogP contribution in [0.5, 0.6) is 0 Å². The SMILES string of the molecule is CCCC(CCC)C[C@@H](CCC)CCC#CN.CN. The van der Waals surface area contributed by atoms with Gasteiger partial charge in [-0.05, 0) is 31.7 Å². The molecule has 0 aromatic carbocycles. The van der Waals surface area contributed by atoms with Gasteiger partial charge in [0.2, 0.25) is 0 Å². The van der Waals surface area contributed by atoms with Gasteiger partial charge in [-0.25, -0.2) is 0 Å². The van der Waals surface area contributed by atoms with E-state index < -0.39 is 0 Å². The molecule has 0 aromatic rings. The highest BCUT2D eigenvalue weighted by atomic mass is 14.5. The van der Waals surface area contributed by atoms with E-state index in [1.54, 1.807) is 0 Å². The van der Waals surface area contributed by atoms with Gasteiger partial charge in [0.15, 0.2) is 0 Å². The van der Waals surface area contributed by atoms with Crippen LogP contribution in [-0.2, 0) is 0 Å². The van der Waals surface area contributed by atoms with Gasteiger partial charge in [-0.1, -0.05) is 65.2 Å². The standard InChI is InChI=1S/C16H31N.CH5N/c1-4-9-15(10-5-2)14-16(11-6-3)12-7-8-13-17;1-2/h15-16H,4-7,9-12,14,17H2,1-3H3;2H2,1H3/t16-;/m0./s1. The Balaban J connectivity index is 0. The molecule has 114 valence electrons. The maximum absolute atomic E-state index is 5.22. The van der Waals surface area contributed by atoms with Gasteiger partial charge < -0.3 is 11.5 Å². The monoisotopic (exact) mass is 268 g/mol. The fourth-order valence-electron chi connectivity index (χ4n) is 2.80. The summed E-state index contributed by atoms with van der Waals surface area (Å²) in [5, 5.41) is 0. The maximum atomic E-state index is 5.22. The third kappa shape index (κ3) is 13.6. The Morgan fingerprint density at radius 1 is 0.789 bits per heavy atom. The number of hydrogen-bond donors (Lipinski definition) is 2. The molecular formula is C17H36N2. The molecule has 2 heteroatoms. The highest BCUT2D eigenvalue weighted by Gasteiger charge is 2.14. The summed E-state index contributed by atoms with van der Waals surface area (Å²) in [6.07, 6.45) is 11.7. The molecule has 19 heavy (non-hydrogen) atoms. The molecule has 0 saturated carbocycles. The van der Waals surface area contributed by atoms with Crippen molar-refractivity contribution in [1.82, 2.24) is 0 Å². The fraction of sp³-hybridized carbons (Fsp3) is 0.882. The Morgan fingerprint density at radius 2 is 1.21 bits per heavy atom. The molecule has 0 rings (SSSR count). The van der Waals surface area contributed by atoms with Crippen LogP contribution < -0.4 is 11.5 Å². The first kappa shape index (κ1) is 20.6. The molecular weight excluding hydrogens is 232 g/mol. The zero-order chi connectivity index (χ0) is 14.9. The predicted molar refractivity (Wildman–Crippen MR) is 87.6 cm³/mol. The van der Waals surface area contributed by atoms with E-state index in [0.717, 1.165) is 18.3 Å². The highest BCUT2D eigenvalue weighted by Crippen LogP contribution is 2.27. The average Bonchev–Trinajstić information content (AvgIpc) is 2.42. The molecule has 0 bridgehead atoms. The van der Waals surface area contributed by atoms with E-state index in [2.05, 4.69) is 38.5 Å². The van der Waals surface area contributed by atoms with Gasteiger partial charge in [0.25, 0.3) is 0 Å². The van der Waals surface area contributed by atoms with Crippen LogP contribution in [0.1, 0.15) is 78.6 Å². The van der Waals surface area contributed by atoms with Gasteiger partial charge in [0, 0.05) is 12.5 Å². The zero-order valence-electron chi connectivity index (χ0n) is 13.7. The lowest BCUT2D eigenvalue weighted by atomic mass is 9.84. The Morgan fingerprint density at radius 3 is 1.58 bits per heavy atom. The first-order valence-electron chi connectivity index (χ1n) is 8.04. The van der Waals surface area contributed by atoms with Crippen molar-refractivity contribution in [1.29, 1.82) is 0 Å². The molecule has 0 amide bonds. The molecule has 0 aliphatic rings. The third-order valence-electron chi connectivity index (χ3n) is 3.54. The van der Waals surface area contributed by atoms with Crippen LogP contribution in [0.2, 0.25) is 0 Å². The zero-order valence-corrected chi connectivity index (χ0v) is 13.7. The van der Waals surface area contributed by atoms with Gasteiger partial charge in [0.05, 0.1) is 0 Å². The number of nitrogens with two attached hydrogens (primary N) is 2. The van der Waals surface area contributed by atoms with E-state index in [0.29, 0.717) is 0 Å². The molecule has 1 atom stereocenters. The molecule has 0 spiro atoms. The molecule has 2 nitrogen and oxygen atoms in total. The van der Waals surface area contributed by atoms with Gasteiger partial charge in [-0.3, -0.25) is 0 Å². The van der Waals surface area contributed by atoms with Crippen molar-refractivity contribution in [2.75, 3.05) is 7.05 Å². The molecule has 0 radical (unpaired) electrons.